The lowest BCUT2D eigenvalue weighted by atomic mass is 10.1. The van der Waals surface area contributed by atoms with Crippen LogP contribution in [0, 0.1) is 0 Å². The molecule has 0 aliphatic heterocycles. The Morgan fingerprint density at radius 1 is 0.459 bits per heavy atom. The first kappa shape index (κ1) is 36.0. The van der Waals surface area contributed by atoms with Crippen LogP contribution < -0.4 is 0 Å². The summed E-state index contributed by atoms with van der Waals surface area (Å²) in [6.45, 7) is -3.52. The fourth-order valence-electron chi connectivity index (χ4n) is 1.73. The number of hydrogen-bond donors (Lipinski definition) is 0. The van der Waals surface area contributed by atoms with Gasteiger partial charge in [0, 0.05) is 11.9 Å². The van der Waals surface area contributed by atoms with Crippen LogP contribution in [0.5, 0.6) is 0 Å². The molecule has 0 atom stereocenters. The van der Waals surface area contributed by atoms with Gasteiger partial charge in [0.15, 0.2) is 0 Å². The van der Waals surface area contributed by atoms with Crippen LogP contribution in [0.1, 0.15) is 12.8 Å². The molecular formula is C14H10BrF19O3. The first-order chi connectivity index (χ1) is 16.0. The van der Waals surface area contributed by atoms with Gasteiger partial charge in [0.2, 0.25) is 0 Å². The lowest BCUT2D eigenvalue weighted by Crippen LogP contribution is -2.65. The second-order valence-corrected chi connectivity index (χ2v) is 7.44. The van der Waals surface area contributed by atoms with Crippen LogP contribution in [0.4, 0.5) is 83.4 Å². The van der Waals surface area contributed by atoms with Gasteiger partial charge in [-0.3, -0.25) is 0 Å². The first-order valence-electron chi connectivity index (χ1n) is 8.61. The van der Waals surface area contributed by atoms with E-state index in [0.29, 0.717) is 0 Å². The van der Waals surface area contributed by atoms with Crippen LogP contribution in [0.25, 0.3) is 0 Å². The highest BCUT2D eigenvalue weighted by atomic mass is 79.9. The Bertz CT molecular complexity index is 751. The summed E-state index contributed by atoms with van der Waals surface area (Å²) in [6, 6.07) is 0. The molecule has 0 heterocycles. The van der Waals surface area contributed by atoms with Crippen LogP contribution in [0.2, 0.25) is 0 Å². The highest BCUT2D eigenvalue weighted by molar-refractivity contribution is 9.09. The van der Waals surface area contributed by atoms with Crippen molar-refractivity contribution in [3.05, 3.63) is 0 Å². The van der Waals surface area contributed by atoms with Crippen molar-refractivity contribution in [3.8, 4) is 0 Å². The number of alkyl halides is 20. The molecule has 37 heavy (non-hydrogen) atoms. The summed E-state index contributed by atoms with van der Waals surface area (Å²) in [5.74, 6) is -29.6. The van der Waals surface area contributed by atoms with Crippen LogP contribution in [0.3, 0.4) is 0 Å². The summed E-state index contributed by atoms with van der Waals surface area (Å²) in [5, 5.41) is 0.221. The van der Waals surface area contributed by atoms with E-state index in [0.717, 1.165) is 0 Å². The van der Waals surface area contributed by atoms with E-state index in [4.69, 9.17) is 0 Å². The molecule has 0 aliphatic rings. The molecule has 224 valence electrons. The Kier molecular flexibility index (Phi) is 10.6. The van der Waals surface area contributed by atoms with Crippen molar-refractivity contribution in [2.24, 2.45) is 0 Å². The van der Waals surface area contributed by atoms with E-state index in [1.165, 1.54) is 9.47 Å². The molecule has 0 bridgehead atoms. The average Bonchev–Trinajstić information content (AvgIpc) is 2.64. The van der Waals surface area contributed by atoms with E-state index in [9.17, 15) is 83.4 Å². The minimum Gasteiger partial charge on any atom is -0.375 e. The Labute approximate surface area is 200 Å². The summed E-state index contributed by atoms with van der Waals surface area (Å²) in [7, 11) is 0. The predicted octanol–water partition coefficient (Wildman–Crippen LogP) is 7.69. The third kappa shape index (κ3) is 7.17. The molecule has 0 N–H and O–H groups in total. The minimum absolute atomic E-state index is 0.154. The summed E-state index contributed by atoms with van der Waals surface area (Å²) >= 11 is 2.83. The van der Waals surface area contributed by atoms with Crippen molar-refractivity contribution in [1.29, 1.82) is 0 Å². The molecule has 0 saturated heterocycles. The normalized spacial score (nSPS) is 15.9. The second-order valence-electron chi connectivity index (χ2n) is 6.65. The van der Waals surface area contributed by atoms with Crippen molar-refractivity contribution < 1.29 is 97.6 Å². The SMILES string of the molecule is FC(F)(F)C(F)(F)C(F)(F)C(F)(F)OC(F)(F)C(F)(F)OC(F)(F)C(F)(F)C(F)(F)COCCCCBr. The van der Waals surface area contributed by atoms with E-state index >= 15 is 0 Å². The molecule has 0 aromatic heterocycles. The Morgan fingerprint density at radius 2 is 0.838 bits per heavy atom. The Balaban J connectivity index is 5.96. The van der Waals surface area contributed by atoms with Gasteiger partial charge >= 0.3 is 54.3 Å². The van der Waals surface area contributed by atoms with Crippen molar-refractivity contribution in [1.82, 2.24) is 0 Å². The second kappa shape index (κ2) is 10.9. The topological polar surface area (TPSA) is 27.7 Å². The highest BCUT2D eigenvalue weighted by Gasteiger charge is 2.86. The van der Waals surface area contributed by atoms with Crippen molar-refractivity contribution in [3.63, 3.8) is 0 Å². The standard InChI is InChI=1S/C14H10BrF19O3/c15-3-1-2-4-35-5-6(16,17)7(18,19)11(27,28)36-13(31,32)14(33,34)37-12(29,30)9(22,23)8(20,21)10(24,25)26/h1-5H2. The molecule has 0 aliphatic carbocycles. The third-order valence-electron chi connectivity index (χ3n) is 3.75. The molecule has 0 saturated carbocycles. The molecule has 0 aromatic carbocycles. The maximum Gasteiger partial charge on any atom is 0.460 e. The predicted molar refractivity (Wildman–Crippen MR) is 81.6 cm³/mol. The zero-order chi connectivity index (χ0) is 30.2. The summed E-state index contributed by atoms with van der Waals surface area (Å²) < 4.78 is 253. The van der Waals surface area contributed by atoms with E-state index < -0.39 is 67.5 Å². The zero-order valence-electron chi connectivity index (χ0n) is 16.8. The lowest BCUT2D eigenvalue weighted by molar-refractivity contribution is -0.555. The maximum absolute atomic E-state index is 13.5. The van der Waals surface area contributed by atoms with Crippen molar-refractivity contribution >= 4 is 15.9 Å². The average molecular weight is 667 g/mol. The molecule has 0 rings (SSSR count). The van der Waals surface area contributed by atoms with Crippen molar-refractivity contribution in [2.45, 2.75) is 67.1 Å². The van der Waals surface area contributed by atoms with Gasteiger partial charge in [0.1, 0.15) is 6.61 Å². The summed E-state index contributed by atoms with van der Waals surface area (Å²) in [6.07, 6.45) is -38.8. The fourth-order valence-corrected chi connectivity index (χ4v) is 2.13. The van der Waals surface area contributed by atoms with Crippen LogP contribution >= 0.6 is 15.9 Å². The quantitative estimate of drug-likeness (QED) is 0.102. The van der Waals surface area contributed by atoms with Gasteiger partial charge < -0.3 is 4.74 Å². The number of rotatable bonds is 15. The zero-order valence-corrected chi connectivity index (χ0v) is 18.4. The maximum atomic E-state index is 13.5. The van der Waals surface area contributed by atoms with Crippen LogP contribution in [0.15, 0.2) is 0 Å². The number of hydrogen-bond acceptors (Lipinski definition) is 3. The number of ether oxygens (including phenoxy) is 3. The van der Waals surface area contributed by atoms with Gasteiger partial charge in [-0.05, 0) is 12.8 Å². The molecular weight excluding hydrogens is 657 g/mol. The van der Waals surface area contributed by atoms with Gasteiger partial charge in [-0.2, -0.15) is 83.4 Å². The first-order valence-corrected chi connectivity index (χ1v) is 9.73. The number of halogens is 20. The molecule has 0 spiro atoms. The summed E-state index contributed by atoms with van der Waals surface area (Å²) in [4.78, 5) is 0. The molecule has 23 heteroatoms. The smallest absolute Gasteiger partial charge is 0.375 e. The van der Waals surface area contributed by atoms with E-state index in [2.05, 4.69) is 20.7 Å². The van der Waals surface area contributed by atoms with Gasteiger partial charge in [-0.25, -0.2) is 9.47 Å². The molecule has 0 fully saturated rings. The molecule has 0 radical (unpaired) electrons. The molecule has 0 amide bonds. The van der Waals surface area contributed by atoms with E-state index in [-0.39, 0.29) is 18.2 Å². The third-order valence-corrected chi connectivity index (χ3v) is 4.31. The Morgan fingerprint density at radius 3 is 1.19 bits per heavy atom. The van der Waals surface area contributed by atoms with Gasteiger partial charge in [-0.15, -0.1) is 0 Å². The van der Waals surface area contributed by atoms with Gasteiger partial charge in [0.05, 0.1) is 0 Å². The van der Waals surface area contributed by atoms with Gasteiger partial charge in [0.25, 0.3) is 0 Å². The highest BCUT2D eigenvalue weighted by Crippen LogP contribution is 2.57. The van der Waals surface area contributed by atoms with Crippen LogP contribution in [-0.4, -0.2) is 72.8 Å². The largest absolute Gasteiger partial charge is 0.460 e. The Hall–Kier alpha value is -0.970. The van der Waals surface area contributed by atoms with E-state index in [1.807, 2.05) is 0 Å². The lowest BCUT2D eigenvalue weighted by Gasteiger charge is -2.38. The van der Waals surface area contributed by atoms with Crippen molar-refractivity contribution in [2.75, 3.05) is 18.5 Å². The summed E-state index contributed by atoms with van der Waals surface area (Å²) in [5.41, 5.74) is 0. The number of unbranched alkanes of at least 4 members (excludes halogenated alkanes) is 1. The van der Waals surface area contributed by atoms with E-state index in [1.54, 1.807) is 0 Å². The molecule has 0 unspecified atom stereocenters. The van der Waals surface area contributed by atoms with Gasteiger partial charge in [-0.1, -0.05) is 15.9 Å². The fraction of sp³-hybridized carbons (Fsp3) is 1.00. The minimum atomic E-state index is -8.16. The molecule has 0 aromatic rings. The molecule has 3 nitrogen and oxygen atoms in total. The monoisotopic (exact) mass is 666 g/mol. The van der Waals surface area contributed by atoms with Crippen LogP contribution in [-0.2, 0) is 14.2 Å².